The van der Waals surface area contributed by atoms with Crippen LogP contribution in [0.4, 0.5) is 0 Å². The maximum atomic E-state index is 13.2. The zero-order chi connectivity index (χ0) is 17.3. The average Bonchev–Trinajstić information content (AvgIpc) is 2.68. The first-order valence-electron chi connectivity index (χ1n) is 9.23. The molecule has 0 aliphatic carbocycles. The molecular weight excluding hydrogens is 334 g/mol. The van der Waals surface area contributed by atoms with Gasteiger partial charge in [-0.25, -0.2) is 8.42 Å². The van der Waals surface area contributed by atoms with E-state index in [1.54, 1.807) is 34.9 Å². The fourth-order valence-corrected chi connectivity index (χ4v) is 5.87. The minimum absolute atomic E-state index is 0.406. The van der Waals surface area contributed by atoms with Gasteiger partial charge >= 0.3 is 0 Å². The quantitative estimate of drug-likeness (QED) is 0.846. The SMILES string of the molecule is O=S(=O)(c1cccc2cnccc12)N1CCC(N2CCCCC2)CC1. The van der Waals surface area contributed by atoms with Gasteiger partial charge < -0.3 is 4.90 Å². The third-order valence-corrected chi connectivity index (χ3v) is 7.55. The number of fused-ring (bicyclic) bond motifs is 1. The van der Waals surface area contributed by atoms with E-state index in [1.807, 2.05) is 6.07 Å². The van der Waals surface area contributed by atoms with Gasteiger partial charge in [0.15, 0.2) is 0 Å². The normalized spacial score (nSPS) is 21.6. The Kier molecular flexibility index (Phi) is 4.75. The molecule has 1 aromatic heterocycles. The van der Waals surface area contributed by atoms with E-state index in [9.17, 15) is 8.42 Å². The molecule has 0 spiro atoms. The second-order valence-electron chi connectivity index (χ2n) is 7.08. The Morgan fingerprint density at radius 3 is 2.48 bits per heavy atom. The topological polar surface area (TPSA) is 53.5 Å². The molecule has 0 N–H and O–H groups in total. The van der Waals surface area contributed by atoms with Crippen molar-refractivity contribution >= 4 is 20.8 Å². The van der Waals surface area contributed by atoms with Gasteiger partial charge in [-0.15, -0.1) is 0 Å². The number of benzene rings is 1. The monoisotopic (exact) mass is 359 g/mol. The highest BCUT2D eigenvalue weighted by Gasteiger charge is 2.32. The lowest BCUT2D eigenvalue weighted by atomic mass is 10.0. The molecule has 134 valence electrons. The van der Waals surface area contributed by atoms with Gasteiger partial charge in [0.25, 0.3) is 0 Å². The predicted molar refractivity (Wildman–Crippen MR) is 98.9 cm³/mol. The van der Waals surface area contributed by atoms with Crippen LogP contribution in [-0.4, -0.2) is 54.8 Å². The fraction of sp³-hybridized carbons (Fsp3) is 0.526. The first-order chi connectivity index (χ1) is 12.2. The molecule has 2 aliphatic heterocycles. The number of piperidine rings is 2. The third kappa shape index (κ3) is 3.30. The summed E-state index contributed by atoms with van der Waals surface area (Å²) in [7, 11) is -3.46. The molecule has 3 heterocycles. The summed E-state index contributed by atoms with van der Waals surface area (Å²) in [6.45, 7) is 3.58. The summed E-state index contributed by atoms with van der Waals surface area (Å²) in [6.07, 6.45) is 9.14. The summed E-state index contributed by atoms with van der Waals surface area (Å²) >= 11 is 0. The number of sulfonamides is 1. The lowest BCUT2D eigenvalue weighted by Crippen LogP contribution is -2.48. The fourth-order valence-electron chi connectivity index (χ4n) is 4.19. The number of rotatable bonds is 3. The van der Waals surface area contributed by atoms with Crippen LogP contribution < -0.4 is 0 Å². The van der Waals surface area contributed by atoms with Crippen LogP contribution in [0.15, 0.2) is 41.6 Å². The van der Waals surface area contributed by atoms with Crippen LogP contribution in [0.3, 0.4) is 0 Å². The van der Waals surface area contributed by atoms with E-state index in [-0.39, 0.29) is 0 Å². The molecule has 0 bridgehead atoms. The molecule has 2 aromatic rings. The highest BCUT2D eigenvalue weighted by Crippen LogP contribution is 2.28. The molecule has 4 rings (SSSR count). The van der Waals surface area contributed by atoms with Crippen molar-refractivity contribution in [1.29, 1.82) is 0 Å². The maximum Gasteiger partial charge on any atom is 0.243 e. The predicted octanol–water partition coefficient (Wildman–Crippen LogP) is 2.87. The van der Waals surface area contributed by atoms with Crippen LogP contribution in [0, 0.1) is 0 Å². The van der Waals surface area contributed by atoms with Gasteiger partial charge in [-0.1, -0.05) is 18.6 Å². The molecule has 0 unspecified atom stereocenters. The van der Waals surface area contributed by atoms with Crippen molar-refractivity contribution in [2.75, 3.05) is 26.2 Å². The highest BCUT2D eigenvalue weighted by molar-refractivity contribution is 7.89. The molecule has 1 aromatic carbocycles. The summed E-state index contributed by atoms with van der Waals surface area (Å²) in [5.74, 6) is 0. The Labute approximate surface area is 149 Å². The van der Waals surface area contributed by atoms with Crippen LogP contribution in [0.25, 0.3) is 10.8 Å². The zero-order valence-electron chi connectivity index (χ0n) is 14.5. The number of hydrogen-bond donors (Lipinski definition) is 0. The second-order valence-corrected chi connectivity index (χ2v) is 8.99. The summed E-state index contributed by atoms with van der Waals surface area (Å²) < 4.78 is 28.0. The largest absolute Gasteiger partial charge is 0.300 e. The van der Waals surface area contributed by atoms with Crippen molar-refractivity contribution < 1.29 is 8.42 Å². The van der Waals surface area contributed by atoms with E-state index in [2.05, 4.69) is 9.88 Å². The first kappa shape index (κ1) is 16.9. The molecular formula is C19H25N3O2S. The van der Waals surface area contributed by atoms with Crippen molar-refractivity contribution in [3.8, 4) is 0 Å². The molecule has 2 saturated heterocycles. The molecule has 0 saturated carbocycles. The van der Waals surface area contributed by atoms with Crippen molar-refractivity contribution in [3.05, 3.63) is 36.7 Å². The van der Waals surface area contributed by atoms with Gasteiger partial charge in [0.05, 0.1) is 4.90 Å². The van der Waals surface area contributed by atoms with Gasteiger partial charge in [0.1, 0.15) is 0 Å². The Morgan fingerprint density at radius 1 is 0.960 bits per heavy atom. The van der Waals surface area contributed by atoms with Crippen molar-refractivity contribution in [2.24, 2.45) is 0 Å². The van der Waals surface area contributed by atoms with Gasteiger partial charge in [0, 0.05) is 42.3 Å². The average molecular weight is 359 g/mol. The zero-order valence-corrected chi connectivity index (χ0v) is 15.3. The van der Waals surface area contributed by atoms with Crippen LogP contribution in [0.2, 0.25) is 0 Å². The van der Waals surface area contributed by atoms with E-state index in [0.29, 0.717) is 24.0 Å². The van der Waals surface area contributed by atoms with Crippen molar-refractivity contribution in [3.63, 3.8) is 0 Å². The number of aromatic nitrogens is 1. The molecule has 25 heavy (non-hydrogen) atoms. The minimum Gasteiger partial charge on any atom is -0.300 e. The number of nitrogens with zero attached hydrogens (tertiary/aromatic N) is 3. The van der Waals surface area contributed by atoms with E-state index < -0.39 is 10.0 Å². The van der Waals surface area contributed by atoms with E-state index >= 15 is 0 Å². The number of likely N-dealkylation sites (tertiary alicyclic amines) is 1. The van der Waals surface area contributed by atoms with E-state index in [0.717, 1.165) is 23.6 Å². The lowest BCUT2D eigenvalue weighted by Gasteiger charge is -2.39. The van der Waals surface area contributed by atoms with Crippen molar-refractivity contribution in [1.82, 2.24) is 14.2 Å². The molecule has 2 fully saturated rings. The van der Waals surface area contributed by atoms with Gasteiger partial charge in [-0.3, -0.25) is 4.98 Å². The molecule has 6 heteroatoms. The lowest BCUT2D eigenvalue weighted by molar-refractivity contribution is 0.118. The van der Waals surface area contributed by atoms with Crippen LogP contribution in [0.5, 0.6) is 0 Å². The molecule has 5 nitrogen and oxygen atoms in total. The first-order valence-corrected chi connectivity index (χ1v) is 10.7. The van der Waals surface area contributed by atoms with Gasteiger partial charge in [0.2, 0.25) is 10.0 Å². The van der Waals surface area contributed by atoms with Crippen LogP contribution >= 0.6 is 0 Å². The van der Waals surface area contributed by atoms with Crippen LogP contribution in [0.1, 0.15) is 32.1 Å². The smallest absolute Gasteiger partial charge is 0.243 e. The Balaban J connectivity index is 1.53. The minimum atomic E-state index is -3.46. The second kappa shape index (κ2) is 7.02. The van der Waals surface area contributed by atoms with E-state index in [1.165, 1.54) is 32.4 Å². The Morgan fingerprint density at radius 2 is 1.72 bits per heavy atom. The summed E-state index contributed by atoms with van der Waals surface area (Å²) in [5.41, 5.74) is 0. The Bertz CT molecular complexity index is 833. The summed E-state index contributed by atoms with van der Waals surface area (Å²) in [5, 5.41) is 1.63. The molecule has 2 aliphatic rings. The van der Waals surface area contributed by atoms with Crippen LogP contribution in [-0.2, 0) is 10.0 Å². The highest BCUT2D eigenvalue weighted by atomic mass is 32.2. The molecule has 0 amide bonds. The third-order valence-electron chi connectivity index (χ3n) is 5.59. The van der Waals surface area contributed by atoms with Gasteiger partial charge in [-0.2, -0.15) is 4.31 Å². The standard InChI is InChI=1S/C19H25N3O2S/c23-25(24,19-6-4-5-16-15-20-10-7-18(16)19)22-13-8-17(9-14-22)21-11-2-1-3-12-21/h4-7,10,15,17H,1-3,8-9,11-14H2. The van der Waals surface area contributed by atoms with E-state index in [4.69, 9.17) is 0 Å². The summed E-state index contributed by atoms with van der Waals surface area (Å²) in [4.78, 5) is 7.07. The number of hydrogen-bond acceptors (Lipinski definition) is 4. The van der Waals surface area contributed by atoms with Crippen molar-refractivity contribution in [2.45, 2.75) is 43.0 Å². The summed E-state index contributed by atoms with van der Waals surface area (Å²) in [6, 6.07) is 7.77. The van der Waals surface area contributed by atoms with Gasteiger partial charge in [-0.05, 0) is 50.9 Å². The Hall–Kier alpha value is -1.50. The number of pyridine rings is 1. The molecule has 0 atom stereocenters. The molecule has 0 radical (unpaired) electrons. The maximum absolute atomic E-state index is 13.2.